The number of benzene rings is 1. The van der Waals surface area contributed by atoms with Crippen LogP contribution in [0.1, 0.15) is 25.8 Å². The summed E-state index contributed by atoms with van der Waals surface area (Å²) in [7, 11) is -0.954. The molecular formula is C19H24BN5O4. The topological polar surface area (TPSA) is 133 Å². The van der Waals surface area contributed by atoms with Gasteiger partial charge in [-0.15, -0.1) is 0 Å². The van der Waals surface area contributed by atoms with Crippen LogP contribution in [0.25, 0.3) is 0 Å². The first kappa shape index (κ1) is 19.7. The molecule has 3 aliphatic heterocycles. The van der Waals surface area contributed by atoms with Crippen molar-refractivity contribution in [1.82, 2.24) is 10.4 Å². The predicted octanol–water partition coefficient (Wildman–Crippen LogP) is -0.505. The Morgan fingerprint density at radius 2 is 2.31 bits per heavy atom. The fourth-order valence-corrected chi connectivity index (χ4v) is 4.09. The van der Waals surface area contributed by atoms with Gasteiger partial charge in [0.05, 0.1) is 35.8 Å². The third kappa shape index (κ3) is 3.58. The summed E-state index contributed by atoms with van der Waals surface area (Å²) in [6, 6.07) is 7.62. The highest BCUT2D eigenvalue weighted by atomic mass is 16.5. The van der Waals surface area contributed by atoms with Gasteiger partial charge in [-0.05, 0) is 43.4 Å². The van der Waals surface area contributed by atoms with E-state index >= 15 is 0 Å². The summed E-state index contributed by atoms with van der Waals surface area (Å²) >= 11 is 0. The quantitative estimate of drug-likeness (QED) is 0.500. The minimum absolute atomic E-state index is 0.209. The molecular weight excluding hydrogens is 373 g/mol. The summed E-state index contributed by atoms with van der Waals surface area (Å²) in [6.07, 6.45) is 1.73. The van der Waals surface area contributed by atoms with Gasteiger partial charge in [0.25, 0.3) is 0 Å². The fourth-order valence-electron chi connectivity index (χ4n) is 4.09. The second-order valence-electron chi connectivity index (χ2n) is 8.01. The normalized spacial score (nSPS) is 27.9. The third-order valence-corrected chi connectivity index (χ3v) is 5.69. The zero-order valence-electron chi connectivity index (χ0n) is 16.4. The first-order chi connectivity index (χ1) is 13.8. The molecule has 10 heteroatoms. The van der Waals surface area contributed by atoms with Crippen LogP contribution in [-0.2, 0) is 19.8 Å². The Kier molecular flexibility index (Phi) is 5.00. The number of hydrazine groups is 1. The van der Waals surface area contributed by atoms with Crippen LogP contribution in [0, 0.1) is 17.2 Å². The van der Waals surface area contributed by atoms with Gasteiger partial charge in [0, 0.05) is 18.5 Å². The lowest BCUT2D eigenvalue weighted by molar-refractivity contribution is -0.114. The zero-order chi connectivity index (χ0) is 20.8. The Hall–Kier alpha value is -2.58. The van der Waals surface area contributed by atoms with Crippen molar-refractivity contribution >= 4 is 24.2 Å². The number of amides is 1. The maximum Gasteiger partial charge on any atom is 0.492 e. The molecule has 1 amide bonds. The van der Waals surface area contributed by atoms with E-state index in [1.807, 2.05) is 26.0 Å². The number of nitrogens with two attached hydrogens (primary N) is 1. The molecule has 9 nitrogen and oxygen atoms in total. The summed E-state index contributed by atoms with van der Waals surface area (Å²) in [5.74, 6) is -0.761. The number of hydrogen-bond donors (Lipinski definition) is 4. The van der Waals surface area contributed by atoms with E-state index in [2.05, 4.69) is 16.8 Å². The number of nitrogens with zero attached hydrogens (tertiary/aromatic N) is 2. The minimum atomic E-state index is -0.954. The number of fused-ring (bicyclic) bond motifs is 1. The SMILES string of the molecule is CC1(C)OB(O)c2ccc(NC3NN([C@H]4COCCC4C#N)C=C3C(N)=O)cc21. The van der Waals surface area contributed by atoms with Crippen molar-refractivity contribution in [3.05, 3.63) is 35.5 Å². The average molecular weight is 397 g/mol. The van der Waals surface area contributed by atoms with Crippen molar-refractivity contribution in [2.24, 2.45) is 11.7 Å². The van der Waals surface area contributed by atoms with E-state index < -0.39 is 24.8 Å². The van der Waals surface area contributed by atoms with Crippen molar-refractivity contribution in [3.63, 3.8) is 0 Å². The van der Waals surface area contributed by atoms with E-state index in [1.165, 1.54) is 0 Å². The summed E-state index contributed by atoms with van der Waals surface area (Å²) in [5.41, 5.74) is 10.9. The van der Waals surface area contributed by atoms with Crippen LogP contribution < -0.4 is 21.9 Å². The Morgan fingerprint density at radius 1 is 1.52 bits per heavy atom. The number of nitrogens with one attached hydrogen (secondary N) is 2. The Bertz CT molecular complexity index is 899. The van der Waals surface area contributed by atoms with E-state index in [0.29, 0.717) is 25.2 Å². The maximum atomic E-state index is 12.0. The smallest absolute Gasteiger partial charge is 0.423 e. The zero-order valence-corrected chi connectivity index (χ0v) is 16.4. The van der Waals surface area contributed by atoms with E-state index in [1.54, 1.807) is 17.3 Å². The molecule has 0 aliphatic carbocycles. The molecule has 29 heavy (non-hydrogen) atoms. The molecule has 1 fully saturated rings. The second-order valence-corrected chi connectivity index (χ2v) is 8.01. The van der Waals surface area contributed by atoms with Crippen LogP contribution in [0.15, 0.2) is 30.0 Å². The van der Waals surface area contributed by atoms with Gasteiger partial charge in [0.1, 0.15) is 6.17 Å². The lowest BCUT2D eigenvalue weighted by Crippen LogP contribution is -2.52. The van der Waals surface area contributed by atoms with Crippen molar-refractivity contribution in [2.45, 2.75) is 38.1 Å². The van der Waals surface area contributed by atoms with Crippen LogP contribution in [0.3, 0.4) is 0 Å². The summed E-state index contributed by atoms with van der Waals surface area (Å²) < 4.78 is 11.1. The van der Waals surface area contributed by atoms with Crippen LogP contribution in [0.4, 0.5) is 5.69 Å². The molecule has 2 unspecified atom stereocenters. The molecule has 3 atom stereocenters. The molecule has 4 rings (SSSR count). The molecule has 0 spiro atoms. The Morgan fingerprint density at radius 3 is 3.03 bits per heavy atom. The fraction of sp³-hybridized carbons (Fsp3) is 0.474. The number of nitriles is 1. The van der Waals surface area contributed by atoms with Gasteiger partial charge in [0.2, 0.25) is 5.91 Å². The standard InChI is InChI=1S/C19H24BN5O4/c1-19(2)14-7-12(3-4-15(14)20(27)29-19)23-18-13(17(22)26)9-25(24-18)16-10-28-6-5-11(16)8-21/h3-4,7,9,11,16,18,23-24,27H,5-6,10H2,1-2H3,(H2,22,26)/t11?,16-,18?/m0/s1. The van der Waals surface area contributed by atoms with Crippen LogP contribution in [-0.4, -0.2) is 48.5 Å². The monoisotopic (exact) mass is 397 g/mol. The van der Waals surface area contributed by atoms with Gasteiger partial charge in [0.15, 0.2) is 0 Å². The number of ether oxygens (including phenoxy) is 1. The molecule has 0 aromatic heterocycles. The van der Waals surface area contributed by atoms with Gasteiger partial charge in [-0.1, -0.05) is 6.07 Å². The molecule has 3 heterocycles. The molecule has 0 saturated carbocycles. The summed E-state index contributed by atoms with van der Waals surface area (Å²) in [5, 5.41) is 24.5. The number of rotatable bonds is 4. The van der Waals surface area contributed by atoms with Gasteiger partial charge < -0.3 is 30.5 Å². The van der Waals surface area contributed by atoms with Crippen molar-refractivity contribution < 1.29 is 19.2 Å². The average Bonchev–Trinajstić information content (AvgIpc) is 3.20. The second kappa shape index (κ2) is 7.35. The van der Waals surface area contributed by atoms with Crippen molar-refractivity contribution in [2.75, 3.05) is 18.5 Å². The molecule has 152 valence electrons. The van der Waals surface area contributed by atoms with Gasteiger partial charge in [-0.25, -0.2) is 5.43 Å². The molecule has 5 N–H and O–H groups in total. The van der Waals surface area contributed by atoms with E-state index in [-0.39, 0.29) is 12.0 Å². The molecule has 1 saturated heterocycles. The van der Waals surface area contributed by atoms with E-state index in [0.717, 1.165) is 16.7 Å². The van der Waals surface area contributed by atoms with Crippen LogP contribution in [0.2, 0.25) is 0 Å². The summed E-state index contributed by atoms with van der Waals surface area (Å²) in [6.45, 7) is 4.72. The van der Waals surface area contributed by atoms with Gasteiger partial charge in [-0.2, -0.15) is 5.26 Å². The highest BCUT2D eigenvalue weighted by molar-refractivity contribution is 6.62. The minimum Gasteiger partial charge on any atom is -0.423 e. The first-order valence-corrected chi connectivity index (χ1v) is 9.60. The number of carbonyl (C=O) groups excluding carboxylic acids is 1. The molecule has 0 bridgehead atoms. The summed E-state index contributed by atoms with van der Waals surface area (Å²) in [4.78, 5) is 12.0. The lowest BCUT2D eigenvalue weighted by Gasteiger charge is -2.35. The number of primary amides is 1. The Labute approximate surface area is 169 Å². The Balaban J connectivity index is 1.56. The van der Waals surface area contributed by atoms with Crippen molar-refractivity contribution in [1.29, 1.82) is 5.26 Å². The van der Waals surface area contributed by atoms with Crippen molar-refractivity contribution in [3.8, 4) is 6.07 Å². The molecule has 1 aromatic rings. The predicted molar refractivity (Wildman–Crippen MR) is 106 cm³/mol. The van der Waals surface area contributed by atoms with Crippen LogP contribution >= 0.6 is 0 Å². The van der Waals surface area contributed by atoms with E-state index in [9.17, 15) is 15.1 Å². The van der Waals surface area contributed by atoms with Crippen LogP contribution in [0.5, 0.6) is 0 Å². The highest BCUT2D eigenvalue weighted by Gasteiger charge is 2.41. The van der Waals surface area contributed by atoms with Gasteiger partial charge >= 0.3 is 7.12 Å². The van der Waals surface area contributed by atoms with E-state index in [4.69, 9.17) is 15.1 Å². The largest absolute Gasteiger partial charge is 0.492 e. The number of carbonyl (C=O) groups is 1. The van der Waals surface area contributed by atoms with Gasteiger partial charge in [-0.3, -0.25) is 4.79 Å². The first-order valence-electron chi connectivity index (χ1n) is 9.60. The molecule has 3 aliphatic rings. The number of anilines is 1. The highest BCUT2D eigenvalue weighted by Crippen LogP contribution is 2.32. The molecule has 1 aromatic carbocycles. The maximum absolute atomic E-state index is 12.0. The lowest BCUT2D eigenvalue weighted by atomic mass is 9.78. The molecule has 0 radical (unpaired) electrons. The number of hydrogen-bond acceptors (Lipinski definition) is 8. The third-order valence-electron chi connectivity index (χ3n) is 5.69.